The average Bonchev–Trinajstić information content (AvgIpc) is 2.81. The highest BCUT2D eigenvalue weighted by atomic mass is 35.5. The average molecular weight is 483 g/mol. The number of carbonyl (C=O) groups is 2. The van der Waals surface area contributed by atoms with Crippen LogP contribution >= 0.6 is 11.6 Å². The van der Waals surface area contributed by atoms with Crippen LogP contribution in [0.2, 0.25) is 5.02 Å². The Morgan fingerprint density at radius 3 is 2.64 bits per heavy atom. The molecule has 11 heteroatoms. The molecule has 2 aliphatic heterocycles. The number of methoxy groups -OCH3 is 2. The topological polar surface area (TPSA) is 92.7 Å². The standard InChI is InChI=1S/C22H28ClFN4O5/c1-31-9-10-33-13-19(29)28-7-5-27(6-8-28)12-18-20(22(30)32-2)21(26-14-25-18)16-4-3-15(24)11-17(16)23/h3-4,11,14,21H,5-10,12-13H2,1-2H3,(H,25,26). The van der Waals surface area contributed by atoms with Crippen LogP contribution in [-0.2, 0) is 23.8 Å². The van der Waals surface area contributed by atoms with E-state index in [1.54, 1.807) is 12.0 Å². The summed E-state index contributed by atoms with van der Waals surface area (Å²) in [6, 6.07) is 3.28. The molecule has 0 aliphatic carbocycles. The molecule has 1 unspecified atom stereocenters. The highest BCUT2D eigenvalue weighted by molar-refractivity contribution is 6.31. The summed E-state index contributed by atoms with van der Waals surface area (Å²) in [5.74, 6) is -1.07. The van der Waals surface area contributed by atoms with Crippen molar-refractivity contribution in [3.05, 3.63) is 45.9 Å². The Labute approximate surface area is 197 Å². The summed E-state index contributed by atoms with van der Waals surface area (Å²) in [6.45, 7) is 3.63. The van der Waals surface area contributed by atoms with E-state index in [9.17, 15) is 14.0 Å². The molecule has 33 heavy (non-hydrogen) atoms. The van der Waals surface area contributed by atoms with Crippen molar-refractivity contribution >= 4 is 29.8 Å². The molecule has 180 valence electrons. The lowest BCUT2D eigenvalue weighted by Gasteiger charge is -2.36. The van der Waals surface area contributed by atoms with Gasteiger partial charge in [0.15, 0.2) is 0 Å². The maximum absolute atomic E-state index is 13.5. The largest absolute Gasteiger partial charge is 0.466 e. The second kappa shape index (κ2) is 12.1. The van der Waals surface area contributed by atoms with E-state index in [1.165, 1.54) is 31.6 Å². The Bertz CT molecular complexity index is 918. The number of hydrogen-bond acceptors (Lipinski definition) is 8. The lowest BCUT2D eigenvalue weighted by molar-refractivity contribution is -0.138. The molecule has 0 bridgehead atoms. The minimum atomic E-state index is -0.714. The van der Waals surface area contributed by atoms with Gasteiger partial charge < -0.3 is 24.4 Å². The second-order valence-electron chi connectivity index (χ2n) is 7.58. The summed E-state index contributed by atoms with van der Waals surface area (Å²) < 4.78 is 28.7. The van der Waals surface area contributed by atoms with Gasteiger partial charge in [-0.1, -0.05) is 17.7 Å². The third-order valence-electron chi connectivity index (χ3n) is 5.49. The van der Waals surface area contributed by atoms with Gasteiger partial charge in [0.25, 0.3) is 0 Å². The maximum Gasteiger partial charge on any atom is 0.338 e. The number of aliphatic imine (C=N–C) groups is 1. The number of piperazine rings is 1. The minimum absolute atomic E-state index is 0.0269. The van der Waals surface area contributed by atoms with Crippen molar-refractivity contribution in [1.29, 1.82) is 0 Å². The van der Waals surface area contributed by atoms with Crippen LogP contribution in [0.25, 0.3) is 0 Å². The predicted octanol–water partition coefficient (Wildman–Crippen LogP) is 1.39. The summed E-state index contributed by atoms with van der Waals surface area (Å²) in [5, 5.41) is 3.23. The molecule has 1 atom stereocenters. The smallest absolute Gasteiger partial charge is 0.338 e. The molecule has 0 aromatic heterocycles. The van der Waals surface area contributed by atoms with Gasteiger partial charge in [-0.05, 0) is 12.1 Å². The van der Waals surface area contributed by atoms with E-state index in [1.807, 2.05) is 0 Å². The van der Waals surface area contributed by atoms with Crippen molar-refractivity contribution in [2.75, 3.05) is 66.8 Å². The molecule has 1 fully saturated rings. The number of nitrogens with one attached hydrogen (secondary N) is 1. The van der Waals surface area contributed by atoms with Crippen molar-refractivity contribution in [3.63, 3.8) is 0 Å². The van der Waals surface area contributed by atoms with E-state index < -0.39 is 17.8 Å². The van der Waals surface area contributed by atoms with Gasteiger partial charge >= 0.3 is 5.97 Å². The molecule has 2 heterocycles. The summed E-state index contributed by atoms with van der Waals surface area (Å²) in [7, 11) is 2.88. The SMILES string of the molecule is COCCOCC(=O)N1CCN(CC2=C(C(=O)OC)C(c3ccc(F)cc3Cl)N=CN2)CC1. The van der Waals surface area contributed by atoms with Gasteiger partial charge in [0, 0.05) is 56.1 Å². The molecule has 1 aromatic rings. The van der Waals surface area contributed by atoms with Crippen LogP contribution in [0.1, 0.15) is 11.6 Å². The first-order chi connectivity index (χ1) is 15.9. The second-order valence-corrected chi connectivity index (χ2v) is 7.98. The fraction of sp³-hybridized carbons (Fsp3) is 0.500. The maximum atomic E-state index is 13.5. The summed E-state index contributed by atoms with van der Waals surface area (Å²) in [6.07, 6.45) is 1.50. The van der Waals surface area contributed by atoms with Gasteiger partial charge in [0.1, 0.15) is 18.5 Å². The monoisotopic (exact) mass is 482 g/mol. The highest BCUT2D eigenvalue weighted by Crippen LogP contribution is 2.35. The van der Waals surface area contributed by atoms with E-state index in [0.29, 0.717) is 62.8 Å². The molecule has 9 nitrogen and oxygen atoms in total. The molecule has 1 saturated heterocycles. The molecular weight excluding hydrogens is 455 g/mol. The van der Waals surface area contributed by atoms with E-state index >= 15 is 0 Å². The molecule has 0 saturated carbocycles. The molecule has 0 spiro atoms. The van der Waals surface area contributed by atoms with Crippen molar-refractivity contribution in [3.8, 4) is 0 Å². The molecule has 2 aliphatic rings. The van der Waals surface area contributed by atoms with E-state index in [0.717, 1.165) is 0 Å². The quantitative estimate of drug-likeness (QED) is 0.420. The lowest BCUT2D eigenvalue weighted by Crippen LogP contribution is -2.51. The van der Waals surface area contributed by atoms with E-state index in [2.05, 4.69) is 15.2 Å². The van der Waals surface area contributed by atoms with Gasteiger partial charge in [-0.3, -0.25) is 14.7 Å². The van der Waals surface area contributed by atoms with Gasteiger partial charge in [0.2, 0.25) is 5.91 Å². The third-order valence-corrected chi connectivity index (χ3v) is 5.81. The lowest BCUT2D eigenvalue weighted by atomic mass is 9.95. The summed E-state index contributed by atoms with van der Waals surface area (Å²) in [5.41, 5.74) is 1.46. The van der Waals surface area contributed by atoms with Gasteiger partial charge in [-0.25, -0.2) is 9.18 Å². The number of nitrogens with zero attached hydrogens (tertiary/aromatic N) is 3. The number of benzene rings is 1. The van der Waals surface area contributed by atoms with E-state index in [4.69, 9.17) is 25.8 Å². The molecule has 1 N–H and O–H groups in total. The zero-order valence-electron chi connectivity index (χ0n) is 18.7. The zero-order chi connectivity index (χ0) is 23.8. The normalized spacial score (nSPS) is 18.9. The van der Waals surface area contributed by atoms with Crippen LogP contribution in [-0.4, -0.2) is 94.8 Å². The number of amides is 1. The fourth-order valence-corrected chi connectivity index (χ4v) is 3.98. The van der Waals surface area contributed by atoms with E-state index in [-0.39, 0.29) is 17.5 Å². The number of hydrogen-bond donors (Lipinski definition) is 1. The Hall–Kier alpha value is -2.53. The summed E-state index contributed by atoms with van der Waals surface area (Å²) in [4.78, 5) is 33.2. The molecule has 0 radical (unpaired) electrons. The molecular formula is C22H28ClFN4O5. The highest BCUT2D eigenvalue weighted by Gasteiger charge is 2.32. The molecule has 1 aromatic carbocycles. The number of carbonyl (C=O) groups excluding carboxylic acids is 2. The van der Waals surface area contributed by atoms with Crippen LogP contribution in [0, 0.1) is 5.82 Å². The minimum Gasteiger partial charge on any atom is -0.466 e. The zero-order valence-corrected chi connectivity index (χ0v) is 19.4. The van der Waals surface area contributed by atoms with Gasteiger partial charge in [-0.2, -0.15) is 0 Å². The molecule has 3 rings (SSSR count). The van der Waals surface area contributed by atoms with Crippen molar-refractivity contribution in [2.24, 2.45) is 4.99 Å². The number of rotatable bonds is 9. The Kier molecular flexibility index (Phi) is 9.19. The number of esters is 1. The number of halogens is 2. The predicted molar refractivity (Wildman–Crippen MR) is 121 cm³/mol. The summed E-state index contributed by atoms with van der Waals surface area (Å²) >= 11 is 6.24. The molecule has 1 amide bonds. The van der Waals surface area contributed by atoms with Crippen LogP contribution in [0.5, 0.6) is 0 Å². The third kappa shape index (κ3) is 6.50. The Morgan fingerprint density at radius 1 is 1.21 bits per heavy atom. The van der Waals surface area contributed by atoms with Crippen molar-refractivity contribution in [1.82, 2.24) is 15.1 Å². The first-order valence-corrected chi connectivity index (χ1v) is 10.9. The van der Waals surface area contributed by atoms with Crippen molar-refractivity contribution in [2.45, 2.75) is 6.04 Å². The van der Waals surface area contributed by atoms with Crippen LogP contribution < -0.4 is 5.32 Å². The Balaban J connectivity index is 1.68. The number of ether oxygens (including phenoxy) is 3. The van der Waals surface area contributed by atoms with Crippen LogP contribution in [0.3, 0.4) is 0 Å². The van der Waals surface area contributed by atoms with Crippen LogP contribution in [0.15, 0.2) is 34.5 Å². The fourth-order valence-electron chi connectivity index (χ4n) is 3.71. The Morgan fingerprint density at radius 2 is 1.97 bits per heavy atom. The van der Waals surface area contributed by atoms with Gasteiger partial charge in [0.05, 0.1) is 32.2 Å². The first-order valence-electron chi connectivity index (χ1n) is 10.6. The first kappa shape index (κ1) is 25.1. The van der Waals surface area contributed by atoms with Crippen molar-refractivity contribution < 1.29 is 28.2 Å². The van der Waals surface area contributed by atoms with Gasteiger partial charge in [-0.15, -0.1) is 0 Å². The van der Waals surface area contributed by atoms with Crippen LogP contribution in [0.4, 0.5) is 4.39 Å².